The van der Waals surface area contributed by atoms with Crippen molar-refractivity contribution in [1.29, 1.82) is 0 Å². The van der Waals surface area contributed by atoms with Gasteiger partial charge in [-0.1, -0.05) is 31.9 Å². The van der Waals surface area contributed by atoms with Crippen LogP contribution in [0.15, 0.2) is 42.6 Å². The number of aromatic nitrogens is 1. The fourth-order valence-electron chi connectivity index (χ4n) is 3.54. The summed E-state index contributed by atoms with van der Waals surface area (Å²) in [7, 11) is 0. The van der Waals surface area contributed by atoms with Crippen molar-refractivity contribution < 1.29 is 27.5 Å². The van der Waals surface area contributed by atoms with Crippen LogP contribution in [0.3, 0.4) is 0 Å². The highest BCUT2D eigenvalue weighted by atomic mass is 19.4. The molecule has 1 aromatic heterocycles. The molecule has 2 aromatic rings. The molecule has 0 atom stereocenters. The number of carbonyl (C=O) groups excluding carboxylic acids is 2. The summed E-state index contributed by atoms with van der Waals surface area (Å²) < 4.78 is 44.9. The number of amides is 1. The number of anilines is 1. The topological polar surface area (TPSA) is 62.7 Å². The van der Waals surface area contributed by atoms with Crippen LogP contribution < -0.4 is 4.90 Å². The number of esters is 1. The molecule has 0 unspecified atom stereocenters. The van der Waals surface area contributed by atoms with Crippen molar-refractivity contribution in [2.75, 3.05) is 37.7 Å². The molecule has 0 bridgehead atoms. The number of benzene rings is 1. The molecule has 9 heteroatoms. The highest BCUT2D eigenvalue weighted by molar-refractivity contribution is 5.96. The molecule has 1 amide bonds. The monoisotopic (exact) mass is 449 g/mol. The molecule has 1 aliphatic heterocycles. The average molecular weight is 449 g/mol. The Hall–Kier alpha value is -3.10. The van der Waals surface area contributed by atoms with E-state index in [1.54, 1.807) is 18.3 Å². The molecule has 1 aromatic carbocycles. The first kappa shape index (κ1) is 23.6. The second kappa shape index (κ2) is 10.5. The normalized spacial score (nSPS) is 14.4. The van der Waals surface area contributed by atoms with Crippen LogP contribution in [-0.4, -0.2) is 54.5 Å². The van der Waals surface area contributed by atoms with E-state index in [1.807, 2.05) is 4.90 Å². The lowest BCUT2D eigenvalue weighted by atomic mass is 10.1. The van der Waals surface area contributed by atoms with E-state index in [-0.39, 0.29) is 24.3 Å². The molecule has 2 heterocycles. The number of rotatable bonds is 7. The maximum Gasteiger partial charge on any atom is 0.417 e. The van der Waals surface area contributed by atoms with Gasteiger partial charge in [-0.3, -0.25) is 4.79 Å². The minimum atomic E-state index is -4.58. The zero-order chi connectivity index (χ0) is 23.1. The molecule has 3 rings (SSSR count). The van der Waals surface area contributed by atoms with Crippen molar-refractivity contribution in [3.05, 3.63) is 59.4 Å². The molecule has 6 nitrogen and oxygen atoms in total. The van der Waals surface area contributed by atoms with Crippen LogP contribution in [0.1, 0.15) is 52.6 Å². The largest absolute Gasteiger partial charge is 0.461 e. The lowest BCUT2D eigenvalue weighted by Gasteiger charge is -2.36. The Labute approximate surface area is 185 Å². The zero-order valence-corrected chi connectivity index (χ0v) is 17.9. The molecule has 172 valence electrons. The van der Waals surface area contributed by atoms with Crippen molar-refractivity contribution in [1.82, 2.24) is 9.88 Å². The number of ether oxygens (including phenoxy) is 1. The number of carbonyl (C=O) groups is 2. The number of pyridine rings is 1. The SMILES string of the molecule is CCCCCOC(=O)c1ccc(N2CCN(C(=O)c3ccccc3C(F)(F)F)CC2)cn1. The predicted octanol–water partition coefficient (Wildman–Crippen LogP) is 4.41. The Bertz CT molecular complexity index is 924. The van der Waals surface area contributed by atoms with Crippen molar-refractivity contribution in [3.8, 4) is 0 Å². The Morgan fingerprint density at radius 2 is 1.75 bits per heavy atom. The van der Waals surface area contributed by atoms with Gasteiger partial charge in [0.15, 0.2) is 0 Å². The van der Waals surface area contributed by atoms with Crippen LogP contribution in [0.2, 0.25) is 0 Å². The Morgan fingerprint density at radius 3 is 2.38 bits per heavy atom. The van der Waals surface area contributed by atoms with E-state index in [2.05, 4.69) is 11.9 Å². The molecule has 0 radical (unpaired) electrons. The van der Waals surface area contributed by atoms with Crippen LogP contribution in [-0.2, 0) is 10.9 Å². The first-order valence-electron chi connectivity index (χ1n) is 10.6. The van der Waals surface area contributed by atoms with Gasteiger partial charge in [0, 0.05) is 26.2 Å². The van der Waals surface area contributed by atoms with Crippen LogP contribution >= 0.6 is 0 Å². The van der Waals surface area contributed by atoms with E-state index in [9.17, 15) is 22.8 Å². The first-order valence-corrected chi connectivity index (χ1v) is 10.6. The molecule has 0 N–H and O–H groups in total. The third-order valence-electron chi connectivity index (χ3n) is 5.33. The van der Waals surface area contributed by atoms with Gasteiger partial charge in [0.1, 0.15) is 5.69 Å². The third-order valence-corrected chi connectivity index (χ3v) is 5.33. The highest BCUT2D eigenvalue weighted by Gasteiger charge is 2.36. The van der Waals surface area contributed by atoms with E-state index in [4.69, 9.17) is 4.74 Å². The molecule has 0 saturated carbocycles. The minimum Gasteiger partial charge on any atom is -0.461 e. The van der Waals surface area contributed by atoms with Gasteiger partial charge >= 0.3 is 12.1 Å². The molecule has 1 aliphatic rings. The second-order valence-corrected chi connectivity index (χ2v) is 7.57. The van der Waals surface area contributed by atoms with Crippen LogP contribution in [0.4, 0.5) is 18.9 Å². The smallest absolute Gasteiger partial charge is 0.417 e. The summed E-state index contributed by atoms with van der Waals surface area (Å²) in [5, 5.41) is 0. The summed E-state index contributed by atoms with van der Waals surface area (Å²) in [6, 6.07) is 8.18. The number of hydrogen-bond acceptors (Lipinski definition) is 5. The molecule has 32 heavy (non-hydrogen) atoms. The molecular formula is C23H26F3N3O3. The average Bonchev–Trinajstić information content (AvgIpc) is 2.81. The first-order chi connectivity index (χ1) is 15.3. The zero-order valence-electron chi connectivity index (χ0n) is 17.9. The maximum absolute atomic E-state index is 13.2. The van der Waals surface area contributed by atoms with Gasteiger partial charge in [-0.05, 0) is 30.7 Å². The lowest BCUT2D eigenvalue weighted by molar-refractivity contribution is -0.138. The molecule has 1 fully saturated rings. The van der Waals surface area contributed by atoms with Gasteiger partial charge in [-0.25, -0.2) is 9.78 Å². The van der Waals surface area contributed by atoms with Crippen molar-refractivity contribution in [2.45, 2.75) is 32.4 Å². The van der Waals surface area contributed by atoms with Gasteiger partial charge in [-0.15, -0.1) is 0 Å². The van der Waals surface area contributed by atoms with Crippen molar-refractivity contribution >= 4 is 17.6 Å². The summed E-state index contributed by atoms with van der Waals surface area (Å²) in [5.41, 5.74) is -0.260. The van der Waals surface area contributed by atoms with Crippen LogP contribution in [0, 0.1) is 0 Å². The van der Waals surface area contributed by atoms with E-state index in [0.717, 1.165) is 31.0 Å². The summed E-state index contributed by atoms with van der Waals surface area (Å²) in [5.74, 6) is -1.09. The maximum atomic E-state index is 13.2. The number of alkyl halides is 3. The van der Waals surface area contributed by atoms with E-state index >= 15 is 0 Å². The van der Waals surface area contributed by atoms with Gasteiger partial charge in [0.2, 0.25) is 0 Å². The van der Waals surface area contributed by atoms with Crippen molar-refractivity contribution in [2.24, 2.45) is 0 Å². The predicted molar refractivity (Wildman–Crippen MR) is 114 cm³/mol. The fourth-order valence-corrected chi connectivity index (χ4v) is 3.54. The standard InChI is InChI=1S/C23H26F3N3O3/c1-2-3-6-15-32-22(31)20-10-9-17(16-27-20)28-11-13-29(14-12-28)21(30)18-7-4-5-8-19(18)23(24,25)26/h4-5,7-10,16H,2-3,6,11-15H2,1H3. The minimum absolute atomic E-state index is 0.225. The molecule has 0 spiro atoms. The van der Waals surface area contributed by atoms with Crippen LogP contribution in [0.5, 0.6) is 0 Å². The van der Waals surface area contributed by atoms with Crippen molar-refractivity contribution in [3.63, 3.8) is 0 Å². The van der Waals surface area contributed by atoms with E-state index in [0.29, 0.717) is 19.7 Å². The highest BCUT2D eigenvalue weighted by Crippen LogP contribution is 2.32. The molecular weight excluding hydrogens is 423 g/mol. The van der Waals surface area contributed by atoms with Gasteiger partial charge < -0.3 is 14.5 Å². The van der Waals surface area contributed by atoms with E-state index < -0.39 is 23.6 Å². The number of hydrogen-bond donors (Lipinski definition) is 0. The Kier molecular flexibility index (Phi) is 7.71. The number of halogens is 3. The number of piperazine rings is 1. The quantitative estimate of drug-likeness (QED) is 0.463. The lowest BCUT2D eigenvalue weighted by Crippen LogP contribution is -2.49. The molecule has 0 aliphatic carbocycles. The van der Waals surface area contributed by atoms with Gasteiger partial charge in [-0.2, -0.15) is 13.2 Å². The summed E-state index contributed by atoms with van der Waals surface area (Å²) >= 11 is 0. The number of unbranched alkanes of at least 4 members (excludes halogenated alkanes) is 2. The number of nitrogens with zero attached hydrogens (tertiary/aromatic N) is 3. The Morgan fingerprint density at radius 1 is 1.03 bits per heavy atom. The summed E-state index contributed by atoms with van der Waals surface area (Å²) in [6.45, 7) is 3.89. The summed E-state index contributed by atoms with van der Waals surface area (Å²) in [6.07, 6.45) is -0.164. The summed E-state index contributed by atoms with van der Waals surface area (Å²) in [4.78, 5) is 32.3. The molecule has 1 saturated heterocycles. The second-order valence-electron chi connectivity index (χ2n) is 7.57. The fraction of sp³-hybridized carbons (Fsp3) is 0.435. The van der Waals surface area contributed by atoms with E-state index in [1.165, 1.54) is 23.1 Å². The van der Waals surface area contributed by atoms with Crippen LogP contribution in [0.25, 0.3) is 0 Å². The Balaban J connectivity index is 1.57. The van der Waals surface area contributed by atoms with Gasteiger partial charge in [0.05, 0.1) is 29.6 Å². The van der Waals surface area contributed by atoms with Gasteiger partial charge in [0.25, 0.3) is 5.91 Å². The third kappa shape index (κ3) is 5.77.